The second-order valence-corrected chi connectivity index (χ2v) is 8.04. The maximum atomic E-state index is 13.4. The summed E-state index contributed by atoms with van der Waals surface area (Å²) in [5, 5.41) is 0. The van der Waals surface area contributed by atoms with Crippen LogP contribution in [0.5, 0.6) is 0 Å². The lowest BCUT2D eigenvalue weighted by Gasteiger charge is -2.34. The van der Waals surface area contributed by atoms with Gasteiger partial charge in [-0.15, -0.1) is 0 Å². The molecule has 0 atom stereocenters. The van der Waals surface area contributed by atoms with Gasteiger partial charge in [0, 0.05) is 32.1 Å². The summed E-state index contributed by atoms with van der Waals surface area (Å²) in [6, 6.07) is 12.1. The summed E-state index contributed by atoms with van der Waals surface area (Å²) in [6.07, 6.45) is 3.44. The second-order valence-electron chi connectivity index (χ2n) is 8.04. The maximum absolute atomic E-state index is 13.4. The van der Waals surface area contributed by atoms with Crippen molar-refractivity contribution in [2.45, 2.75) is 38.8 Å². The first-order chi connectivity index (χ1) is 13.6. The Hall–Kier alpha value is -2.27. The van der Waals surface area contributed by atoms with Crippen molar-refractivity contribution >= 4 is 5.91 Å². The Kier molecular flexibility index (Phi) is 5.72. The molecule has 2 aromatic carbocycles. The Morgan fingerprint density at radius 1 is 0.964 bits per heavy atom. The van der Waals surface area contributed by atoms with E-state index >= 15 is 0 Å². The summed E-state index contributed by atoms with van der Waals surface area (Å²) in [5.41, 5.74) is 3.28. The molecule has 0 N–H and O–H groups in total. The summed E-state index contributed by atoms with van der Waals surface area (Å²) in [6.45, 7) is 3.80. The number of nitrogens with zero attached hydrogens (tertiary/aromatic N) is 2. The van der Waals surface area contributed by atoms with Crippen LogP contribution in [-0.4, -0.2) is 35.3 Å². The van der Waals surface area contributed by atoms with Gasteiger partial charge in [0.2, 0.25) is 5.91 Å². The fourth-order valence-corrected chi connectivity index (χ4v) is 4.39. The van der Waals surface area contributed by atoms with E-state index < -0.39 is 11.6 Å². The molecule has 2 heterocycles. The number of likely N-dealkylation sites (tertiary alicyclic amines) is 1. The van der Waals surface area contributed by atoms with Gasteiger partial charge in [-0.2, -0.15) is 0 Å². The first-order valence-electron chi connectivity index (χ1n) is 10.1. The van der Waals surface area contributed by atoms with Crippen LogP contribution in [0.1, 0.15) is 36.0 Å². The molecule has 1 amide bonds. The van der Waals surface area contributed by atoms with Gasteiger partial charge in [0.05, 0.1) is 0 Å². The number of amides is 1. The van der Waals surface area contributed by atoms with E-state index in [0.717, 1.165) is 51.5 Å². The van der Waals surface area contributed by atoms with Gasteiger partial charge in [-0.05, 0) is 67.1 Å². The highest BCUT2D eigenvalue weighted by Crippen LogP contribution is 2.25. The maximum Gasteiger partial charge on any atom is 0.223 e. The van der Waals surface area contributed by atoms with Crippen molar-refractivity contribution in [1.29, 1.82) is 0 Å². The minimum absolute atomic E-state index is 0.250. The molecule has 0 aromatic heterocycles. The third kappa shape index (κ3) is 4.58. The van der Waals surface area contributed by atoms with E-state index in [1.54, 1.807) is 0 Å². The highest BCUT2D eigenvalue weighted by Gasteiger charge is 2.26. The minimum Gasteiger partial charge on any atom is -0.338 e. The third-order valence-electron chi connectivity index (χ3n) is 5.98. The average Bonchev–Trinajstić information content (AvgIpc) is 2.68. The zero-order valence-corrected chi connectivity index (χ0v) is 16.0. The smallest absolute Gasteiger partial charge is 0.223 e. The number of carbonyl (C=O) groups is 1. The third-order valence-corrected chi connectivity index (χ3v) is 5.98. The predicted octanol–water partition coefficient (Wildman–Crippen LogP) is 4.15. The van der Waals surface area contributed by atoms with Gasteiger partial charge >= 0.3 is 0 Å². The van der Waals surface area contributed by atoms with Crippen LogP contribution in [0.15, 0.2) is 42.5 Å². The highest BCUT2D eigenvalue weighted by atomic mass is 19.1. The summed E-state index contributed by atoms with van der Waals surface area (Å²) in [5.74, 6) is -0.414. The number of piperidine rings is 1. The molecule has 3 nitrogen and oxygen atoms in total. The van der Waals surface area contributed by atoms with E-state index in [4.69, 9.17) is 0 Å². The normalized spacial score (nSPS) is 18.1. The number of hydrogen-bond donors (Lipinski definition) is 0. The largest absolute Gasteiger partial charge is 0.338 e. The molecule has 0 aliphatic carbocycles. The molecule has 0 saturated carbocycles. The predicted molar refractivity (Wildman–Crippen MR) is 105 cm³/mol. The topological polar surface area (TPSA) is 23.6 Å². The molecule has 0 radical (unpaired) electrons. The van der Waals surface area contributed by atoms with E-state index in [-0.39, 0.29) is 5.91 Å². The Morgan fingerprint density at radius 2 is 1.64 bits per heavy atom. The Morgan fingerprint density at radius 3 is 2.36 bits per heavy atom. The SMILES string of the molecule is O=C(CC1CCN(Cc2cc(F)cc(F)c2)CC1)N1CCc2ccccc2C1. The molecular formula is C23H26F2N2O. The second kappa shape index (κ2) is 8.39. The summed E-state index contributed by atoms with van der Waals surface area (Å²) >= 11 is 0. The number of halogens is 2. The van der Waals surface area contributed by atoms with Crippen molar-refractivity contribution < 1.29 is 13.6 Å². The molecule has 148 valence electrons. The van der Waals surface area contributed by atoms with Crippen LogP contribution in [0, 0.1) is 17.6 Å². The van der Waals surface area contributed by atoms with Gasteiger partial charge in [-0.3, -0.25) is 9.69 Å². The molecule has 0 spiro atoms. The lowest BCUT2D eigenvalue weighted by Crippen LogP contribution is -2.39. The van der Waals surface area contributed by atoms with Gasteiger partial charge < -0.3 is 4.90 Å². The van der Waals surface area contributed by atoms with Crippen LogP contribution in [0.2, 0.25) is 0 Å². The number of benzene rings is 2. The molecule has 1 saturated heterocycles. The number of fused-ring (bicyclic) bond motifs is 1. The minimum atomic E-state index is -0.529. The summed E-state index contributed by atoms with van der Waals surface area (Å²) in [7, 11) is 0. The standard InChI is InChI=1S/C23H26F2N2O/c24-21-11-18(12-22(25)14-21)15-26-8-5-17(6-9-26)13-23(28)27-10-7-19-3-1-2-4-20(19)16-27/h1-4,11-12,14,17H,5-10,13,15-16H2. The molecular weight excluding hydrogens is 358 g/mol. The van der Waals surface area contributed by atoms with Gasteiger partial charge in [0.1, 0.15) is 11.6 Å². The highest BCUT2D eigenvalue weighted by molar-refractivity contribution is 5.76. The van der Waals surface area contributed by atoms with Crippen molar-refractivity contribution in [2.75, 3.05) is 19.6 Å². The Bertz CT molecular complexity index is 826. The summed E-state index contributed by atoms with van der Waals surface area (Å²) in [4.78, 5) is 17.0. The van der Waals surface area contributed by atoms with Crippen LogP contribution < -0.4 is 0 Å². The van der Waals surface area contributed by atoms with E-state index in [9.17, 15) is 13.6 Å². The molecule has 0 bridgehead atoms. The zero-order chi connectivity index (χ0) is 19.5. The lowest BCUT2D eigenvalue weighted by atomic mass is 9.92. The number of rotatable bonds is 4. The van der Waals surface area contributed by atoms with E-state index in [0.29, 0.717) is 24.4 Å². The molecule has 5 heteroatoms. The van der Waals surface area contributed by atoms with E-state index in [1.165, 1.54) is 23.3 Å². The molecule has 1 fully saturated rings. The molecule has 2 aliphatic heterocycles. The van der Waals surface area contributed by atoms with Crippen LogP contribution in [0.4, 0.5) is 8.78 Å². The van der Waals surface area contributed by atoms with Crippen LogP contribution >= 0.6 is 0 Å². The fraction of sp³-hybridized carbons (Fsp3) is 0.435. The first kappa shape index (κ1) is 19.1. The van der Waals surface area contributed by atoms with Gasteiger partial charge in [-0.25, -0.2) is 8.78 Å². The van der Waals surface area contributed by atoms with Crippen molar-refractivity contribution in [3.63, 3.8) is 0 Å². The quantitative estimate of drug-likeness (QED) is 0.791. The van der Waals surface area contributed by atoms with Crippen molar-refractivity contribution in [2.24, 2.45) is 5.92 Å². The van der Waals surface area contributed by atoms with Crippen LogP contribution in [0.25, 0.3) is 0 Å². The zero-order valence-electron chi connectivity index (χ0n) is 16.0. The molecule has 4 rings (SSSR count). The lowest BCUT2D eigenvalue weighted by molar-refractivity contribution is -0.133. The van der Waals surface area contributed by atoms with Crippen LogP contribution in [0.3, 0.4) is 0 Å². The van der Waals surface area contributed by atoms with Gasteiger partial charge in [0.15, 0.2) is 0 Å². The molecule has 28 heavy (non-hydrogen) atoms. The monoisotopic (exact) mass is 384 g/mol. The molecule has 2 aromatic rings. The molecule has 0 unspecified atom stereocenters. The Labute approximate surface area is 165 Å². The van der Waals surface area contributed by atoms with Gasteiger partial charge in [0.25, 0.3) is 0 Å². The van der Waals surface area contributed by atoms with Crippen LogP contribution in [-0.2, 0) is 24.3 Å². The Balaban J connectivity index is 1.26. The number of hydrogen-bond acceptors (Lipinski definition) is 2. The van der Waals surface area contributed by atoms with Crippen molar-refractivity contribution in [3.05, 3.63) is 70.8 Å². The number of carbonyl (C=O) groups excluding carboxylic acids is 1. The summed E-state index contributed by atoms with van der Waals surface area (Å²) < 4.78 is 26.7. The van der Waals surface area contributed by atoms with Crippen molar-refractivity contribution in [1.82, 2.24) is 9.80 Å². The van der Waals surface area contributed by atoms with E-state index in [2.05, 4.69) is 23.1 Å². The van der Waals surface area contributed by atoms with E-state index in [1.807, 2.05) is 11.0 Å². The first-order valence-corrected chi connectivity index (χ1v) is 10.1. The average molecular weight is 384 g/mol. The van der Waals surface area contributed by atoms with Gasteiger partial charge in [-0.1, -0.05) is 24.3 Å². The van der Waals surface area contributed by atoms with Crippen molar-refractivity contribution in [3.8, 4) is 0 Å². The fourth-order valence-electron chi connectivity index (χ4n) is 4.39. The molecule has 2 aliphatic rings.